The maximum atomic E-state index is 12.8. The summed E-state index contributed by atoms with van der Waals surface area (Å²) >= 11 is 0. The van der Waals surface area contributed by atoms with Gasteiger partial charge >= 0.3 is 0 Å². The number of rotatable bonds is 7. The summed E-state index contributed by atoms with van der Waals surface area (Å²) in [5.41, 5.74) is 3.51. The average Bonchev–Trinajstić information content (AvgIpc) is 2.70. The molecule has 138 valence electrons. The number of carbonyl (C=O) groups is 1. The summed E-state index contributed by atoms with van der Waals surface area (Å²) < 4.78 is 0. The van der Waals surface area contributed by atoms with Crippen LogP contribution in [0.1, 0.15) is 22.7 Å². The lowest BCUT2D eigenvalue weighted by Crippen LogP contribution is -2.38. The fourth-order valence-corrected chi connectivity index (χ4v) is 3.34. The van der Waals surface area contributed by atoms with Gasteiger partial charge in [-0.3, -0.25) is 9.69 Å². The lowest BCUT2D eigenvalue weighted by molar-refractivity contribution is -0.131. The number of hydrogen-bond donors (Lipinski definition) is 0. The highest BCUT2D eigenvalue weighted by Crippen LogP contribution is 2.27. The third kappa shape index (κ3) is 5.05. The molecule has 0 heterocycles. The molecule has 0 radical (unpaired) electrons. The molecule has 3 heteroatoms. The predicted octanol–water partition coefficient (Wildman–Crippen LogP) is 4.37. The SMILES string of the molecule is CN(Cc1ccccc1)C(=O)CN(C)C(c1ccccc1)c1ccccc1. The molecule has 1 amide bonds. The summed E-state index contributed by atoms with van der Waals surface area (Å²) in [6, 6.07) is 30.8. The molecule has 0 spiro atoms. The molecule has 3 rings (SSSR count). The second-order valence-corrected chi connectivity index (χ2v) is 6.87. The summed E-state index contributed by atoms with van der Waals surface area (Å²) in [6.45, 7) is 0.979. The van der Waals surface area contributed by atoms with E-state index < -0.39 is 0 Å². The first kappa shape index (κ1) is 18.9. The van der Waals surface area contributed by atoms with Gasteiger partial charge in [0.1, 0.15) is 0 Å². The topological polar surface area (TPSA) is 23.6 Å². The number of hydrogen-bond acceptors (Lipinski definition) is 2. The lowest BCUT2D eigenvalue weighted by atomic mass is 9.97. The first-order valence-corrected chi connectivity index (χ1v) is 9.23. The molecule has 3 aromatic rings. The minimum absolute atomic E-state index is 0.0430. The molecule has 0 bridgehead atoms. The third-order valence-corrected chi connectivity index (χ3v) is 4.74. The van der Waals surface area contributed by atoms with Gasteiger partial charge in [0.2, 0.25) is 5.91 Å². The Morgan fingerprint density at radius 2 is 1.19 bits per heavy atom. The second kappa shape index (κ2) is 9.15. The van der Waals surface area contributed by atoms with E-state index in [1.165, 1.54) is 11.1 Å². The number of likely N-dealkylation sites (N-methyl/N-ethyl adjacent to an activating group) is 2. The van der Waals surface area contributed by atoms with E-state index in [2.05, 4.69) is 29.2 Å². The van der Waals surface area contributed by atoms with E-state index in [4.69, 9.17) is 0 Å². The van der Waals surface area contributed by atoms with Gasteiger partial charge in [0, 0.05) is 13.6 Å². The first-order chi connectivity index (χ1) is 13.1. The van der Waals surface area contributed by atoms with Gasteiger partial charge in [-0.15, -0.1) is 0 Å². The van der Waals surface area contributed by atoms with Gasteiger partial charge < -0.3 is 4.90 Å². The molecule has 3 aromatic carbocycles. The van der Waals surface area contributed by atoms with Crippen LogP contribution in [0.2, 0.25) is 0 Å². The van der Waals surface area contributed by atoms with Crippen LogP contribution >= 0.6 is 0 Å². The predicted molar refractivity (Wildman–Crippen MR) is 110 cm³/mol. The van der Waals surface area contributed by atoms with Crippen LogP contribution in [0, 0.1) is 0 Å². The summed E-state index contributed by atoms with van der Waals surface area (Å²) in [5.74, 6) is 0.109. The Bertz CT molecular complexity index is 795. The highest BCUT2D eigenvalue weighted by Gasteiger charge is 2.22. The number of nitrogens with zero attached hydrogens (tertiary/aromatic N) is 2. The van der Waals surface area contributed by atoms with Gasteiger partial charge in [-0.25, -0.2) is 0 Å². The van der Waals surface area contributed by atoms with E-state index >= 15 is 0 Å². The molecule has 3 nitrogen and oxygen atoms in total. The molecule has 0 unspecified atom stereocenters. The number of amides is 1. The van der Waals surface area contributed by atoms with Crippen molar-refractivity contribution in [1.29, 1.82) is 0 Å². The molecule has 0 atom stereocenters. The van der Waals surface area contributed by atoms with Crippen molar-refractivity contribution in [1.82, 2.24) is 9.80 Å². The van der Waals surface area contributed by atoms with E-state index in [1.807, 2.05) is 80.8 Å². The standard InChI is InChI=1S/C24H26N2O/c1-25(18-20-12-6-3-7-13-20)23(27)19-26(2)24(21-14-8-4-9-15-21)22-16-10-5-11-17-22/h3-17,24H,18-19H2,1-2H3. The molecular formula is C24H26N2O. The highest BCUT2D eigenvalue weighted by atomic mass is 16.2. The van der Waals surface area contributed by atoms with Crippen LogP contribution in [-0.2, 0) is 11.3 Å². The largest absolute Gasteiger partial charge is 0.340 e. The molecule has 0 aliphatic heterocycles. The molecular weight excluding hydrogens is 332 g/mol. The Hall–Kier alpha value is -2.91. The van der Waals surface area contributed by atoms with Crippen LogP contribution in [0.3, 0.4) is 0 Å². The van der Waals surface area contributed by atoms with Crippen molar-refractivity contribution in [3.05, 3.63) is 108 Å². The van der Waals surface area contributed by atoms with Crippen molar-refractivity contribution in [3.8, 4) is 0 Å². The molecule has 0 aromatic heterocycles. The fourth-order valence-electron chi connectivity index (χ4n) is 3.34. The highest BCUT2D eigenvalue weighted by molar-refractivity contribution is 5.78. The molecule has 27 heavy (non-hydrogen) atoms. The van der Waals surface area contributed by atoms with Gasteiger partial charge in [-0.1, -0.05) is 91.0 Å². The van der Waals surface area contributed by atoms with E-state index in [0.29, 0.717) is 13.1 Å². The Morgan fingerprint density at radius 1 is 0.741 bits per heavy atom. The number of carbonyl (C=O) groups excluding carboxylic acids is 1. The van der Waals surface area contributed by atoms with E-state index in [-0.39, 0.29) is 11.9 Å². The van der Waals surface area contributed by atoms with Crippen LogP contribution in [0.15, 0.2) is 91.0 Å². The van der Waals surface area contributed by atoms with Crippen LogP contribution in [0.25, 0.3) is 0 Å². The molecule has 0 fully saturated rings. The lowest BCUT2D eigenvalue weighted by Gasteiger charge is -2.30. The molecule has 0 aliphatic carbocycles. The monoisotopic (exact) mass is 358 g/mol. The molecule has 0 N–H and O–H groups in total. The smallest absolute Gasteiger partial charge is 0.236 e. The Morgan fingerprint density at radius 3 is 1.67 bits per heavy atom. The Balaban J connectivity index is 1.74. The normalized spacial score (nSPS) is 11.0. The van der Waals surface area contributed by atoms with Gasteiger partial charge in [-0.2, -0.15) is 0 Å². The van der Waals surface area contributed by atoms with Crippen molar-refractivity contribution in [2.45, 2.75) is 12.6 Å². The molecule has 0 saturated heterocycles. The zero-order valence-corrected chi connectivity index (χ0v) is 16.0. The van der Waals surface area contributed by atoms with Crippen molar-refractivity contribution in [2.24, 2.45) is 0 Å². The minimum atomic E-state index is 0.0430. The van der Waals surface area contributed by atoms with E-state index in [0.717, 1.165) is 5.56 Å². The van der Waals surface area contributed by atoms with Gasteiger partial charge in [0.25, 0.3) is 0 Å². The summed E-state index contributed by atoms with van der Waals surface area (Å²) in [7, 11) is 3.88. The van der Waals surface area contributed by atoms with Crippen molar-refractivity contribution < 1.29 is 4.79 Å². The quantitative estimate of drug-likeness (QED) is 0.626. The van der Waals surface area contributed by atoms with Crippen molar-refractivity contribution in [3.63, 3.8) is 0 Å². The van der Waals surface area contributed by atoms with Gasteiger partial charge in [0.05, 0.1) is 12.6 Å². The zero-order chi connectivity index (χ0) is 19.1. The van der Waals surface area contributed by atoms with Crippen molar-refractivity contribution in [2.75, 3.05) is 20.6 Å². The Labute approximate surface area is 161 Å². The molecule has 0 aliphatic rings. The van der Waals surface area contributed by atoms with Crippen LogP contribution in [-0.4, -0.2) is 36.3 Å². The van der Waals surface area contributed by atoms with Gasteiger partial charge in [0.15, 0.2) is 0 Å². The van der Waals surface area contributed by atoms with E-state index in [1.54, 1.807) is 4.90 Å². The van der Waals surface area contributed by atoms with Crippen LogP contribution in [0.5, 0.6) is 0 Å². The van der Waals surface area contributed by atoms with Crippen molar-refractivity contribution >= 4 is 5.91 Å². The second-order valence-electron chi connectivity index (χ2n) is 6.87. The van der Waals surface area contributed by atoms with Crippen LogP contribution < -0.4 is 0 Å². The Kier molecular flexibility index (Phi) is 6.39. The molecule has 0 saturated carbocycles. The summed E-state index contributed by atoms with van der Waals surface area (Å²) in [5, 5.41) is 0. The van der Waals surface area contributed by atoms with Gasteiger partial charge in [-0.05, 0) is 23.7 Å². The maximum Gasteiger partial charge on any atom is 0.236 e. The van der Waals surface area contributed by atoms with Crippen LogP contribution in [0.4, 0.5) is 0 Å². The zero-order valence-electron chi connectivity index (χ0n) is 16.0. The first-order valence-electron chi connectivity index (χ1n) is 9.23. The third-order valence-electron chi connectivity index (χ3n) is 4.74. The minimum Gasteiger partial charge on any atom is -0.340 e. The fraction of sp³-hybridized carbons (Fsp3) is 0.208. The summed E-state index contributed by atoms with van der Waals surface area (Å²) in [4.78, 5) is 16.7. The average molecular weight is 358 g/mol. The van der Waals surface area contributed by atoms with E-state index in [9.17, 15) is 4.79 Å². The summed E-state index contributed by atoms with van der Waals surface area (Å²) in [6.07, 6.45) is 0. The number of benzene rings is 3. The maximum absolute atomic E-state index is 12.8.